The predicted octanol–water partition coefficient (Wildman–Crippen LogP) is 2.20. The molecule has 0 aliphatic heterocycles. The van der Waals surface area contributed by atoms with Gasteiger partial charge in [-0.25, -0.2) is 0 Å². The van der Waals surface area contributed by atoms with E-state index in [9.17, 15) is 9.59 Å². The smallest absolute Gasteiger partial charge is 0.324 e. The quantitative estimate of drug-likeness (QED) is 0.566. The zero-order valence-electron chi connectivity index (χ0n) is 12.0. The summed E-state index contributed by atoms with van der Waals surface area (Å²) in [6.07, 6.45) is -0.671. The van der Waals surface area contributed by atoms with E-state index in [2.05, 4.69) is 0 Å². The zero-order valence-corrected chi connectivity index (χ0v) is 12.0. The molecule has 0 spiro atoms. The van der Waals surface area contributed by atoms with Crippen LogP contribution in [0, 0.1) is 5.92 Å². The number of hydrogen-bond acceptors (Lipinski definition) is 5. The third kappa shape index (κ3) is 4.57. The molecule has 0 amide bonds. The molecule has 20 heavy (non-hydrogen) atoms. The fourth-order valence-corrected chi connectivity index (χ4v) is 1.73. The molecule has 0 aromatic heterocycles. The van der Waals surface area contributed by atoms with Gasteiger partial charge >= 0.3 is 11.9 Å². The van der Waals surface area contributed by atoms with E-state index in [0.29, 0.717) is 5.75 Å². The lowest BCUT2D eigenvalue weighted by atomic mass is 10.0. The molecular formula is C15H20O5. The maximum Gasteiger partial charge on any atom is 0.324 e. The average molecular weight is 280 g/mol. The van der Waals surface area contributed by atoms with E-state index in [1.165, 1.54) is 0 Å². The van der Waals surface area contributed by atoms with Crippen molar-refractivity contribution in [2.24, 2.45) is 5.92 Å². The van der Waals surface area contributed by atoms with E-state index in [4.69, 9.17) is 14.2 Å². The molecule has 0 aliphatic rings. The van der Waals surface area contributed by atoms with Gasteiger partial charge in [0.1, 0.15) is 11.9 Å². The molecule has 0 saturated heterocycles. The van der Waals surface area contributed by atoms with Gasteiger partial charge in [0.05, 0.1) is 13.2 Å². The summed E-state index contributed by atoms with van der Waals surface area (Å²) in [5.41, 5.74) is 0. The summed E-state index contributed by atoms with van der Waals surface area (Å²) in [5, 5.41) is 0. The Bertz CT molecular complexity index is 411. The van der Waals surface area contributed by atoms with Crippen LogP contribution in [-0.4, -0.2) is 31.3 Å². The molecule has 1 aromatic rings. The summed E-state index contributed by atoms with van der Waals surface area (Å²) >= 11 is 0. The Morgan fingerprint density at radius 2 is 1.50 bits per heavy atom. The summed E-state index contributed by atoms with van der Waals surface area (Å²) < 4.78 is 15.4. The highest BCUT2D eigenvalue weighted by Gasteiger charge is 2.36. The molecule has 5 nitrogen and oxygen atoms in total. The van der Waals surface area contributed by atoms with E-state index < -0.39 is 24.0 Å². The SMILES string of the molecule is CCOC(=O)C(C(=O)OCC)C(C)Oc1ccccc1. The van der Waals surface area contributed by atoms with Crippen LogP contribution in [0.4, 0.5) is 0 Å². The topological polar surface area (TPSA) is 61.8 Å². The van der Waals surface area contributed by atoms with Gasteiger partial charge in [-0.15, -0.1) is 0 Å². The lowest BCUT2D eigenvalue weighted by Gasteiger charge is -2.21. The first-order chi connectivity index (χ1) is 9.60. The predicted molar refractivity (Wildman–Crippen MR) is 73.3 cm³/mol. The maximum atomic E-state index is 11.9. The van der Waals surface area contributed by atoms with Crippen molar-refractivity contribution in [3.63, 3.8) is 0 Å². The molecule has 0 bridgehead atoms. The number of esters is 2. The van der Waals surface area contributed by atoms with Crippen molar-refractivity contribution in [1.82, 2.24) is 0 Å². The maximum absolute atomic E-state index is 11.9. The lowest BCUT2D eigenvalue weighted by molar-refractivity contribution is -0.165. The summed E-state index contributed by atoms with van der Waals surface area (Å²) in [6.45, 7) is 5.41. The van der Waals surface area contributed by atoms with Crippen molar-refractivity contribution in [3.05, 3.63) is 30.3 Å². The Hall–Kier alpha value is -2.04. The number of hydrogen-bond donors (Lipinski definition) is 0. The molecule has 0 fully saturated rings. The van der Waals surface area contributed by atoms with Crippen LogP contribution in [-0.2, 0) is 19.1 Å². The zero-order chi connectivity index (χ0) is 15.0. The second-order valence-corrected chi connectivity index (χ2v) is 4.12. The minimum absolute atomic E-state index is 0.201. The lowest BCUT2D eigenvalue weighted by Crippen LogP contribution is -2.39. The molecule has 0 heterocycles. The van der Waals surface area contributed by atoms with Gasteiger partial charge in [0.2, 0.25) is 0 Å². The molecule has 1 unspecified atom stereocenters. The van der Waals surface area contributed by atoms with Crippen molar-refractivity contribution in [2.45, 2.75) is 26.9 Å². The van der Waals surface area contributed by atoms with Gasteiger partial charge in [-0.05, 0) is 32.9 Å². The highest BCUT2D eigenvalue weighted by atomic mass is 16.6. The molecule has 0 radical (unpaired) electrons. The second-order valence-electron chi connectivity index (χ2n) is 4.12. The molecule has 0 N–H and O–H groups in total. The monoisotopic (exact) mass is 280 g/mol. The number of para-hydroxylation sites is 1. The van der Waals surface area contributed by atoms with Gasteiger partial charge in [0.25, 0.3) is 0 Å². The summed E-state index contributed by atoms with van der Waals surface area (Å²) in [6, 6.07) is 8.98. The minimum Gasteiger partial charge on any atom is -0.489 e. The van der Waals surface area contributed by atoms with E-state index in [1.807, 2.05) is 18.2 Å². The first-order valence-corrected chi connectivity index (χ1v) is 6.65. The Morgan fingerprint density at radius 3 is 1.95 bits per heavy atom. The van der Waals surface area contributed by atoms with Crippen molar-refractivity contribution in [3.8, 4) is 5.75 Å². The number of carbonyl (C=O) groups is 2. The Kier molecular flexibility index (Phi) is 6.56. The molecule has 0 aliphatic carbocycles. The standard InChI is InChI=1S/C15H20O5/c1-4-18-14(16)13(15(17)19-5-2)11(3)20-12-9-7-6-8-10-12/h6-11,13H,4-5H2,1-3H3. The minimum atomic E-state index is -1.09. The highest BCUT2D eigenvalue weighted by Crippen LogP contribution is 2.18. The van der Waals surface area contributed by atoms with E-state index in [1.54, 1.807) is 32.9 Å². The van der Waals surface area contributed by atoms with Crippen LogP contribution in [0.15, 0.2) is 30.3 Å². The van der Waals surface area contributed by atoms with E-state index in [-0.39, 0.29) is 13.2 Å². The number of ether oxygens (including phenoxy) is 3. The van der Waals surface area contributed by atoms with Crippen LogP contribution >= 0.6 is 0 Å². The average Bonchev–Trinajstić information content (AvgIpc) is 2.40. The Morgan fingerprint density at radius 1 is 1.00 bits per heavy atom. The van der Waals surface area contributed by atoms with Gasteiger partial charge in [0, 0.05) is 0 Å². The van der Waals surface area contributed by atoms with Crippen LogP contribution in [0.5, 0.6) is 5.75 Å². The van der Waals surface area contributed by atoms with Gasteiger partial charge in [-0.2, -0.15) is 0 Å². The fourth-order valence-electron chi connectivity index (χ4n) is 1.73. The summed E-state index contributed by atoms with van der Waals surface area (Å²) in [4.78, 5) is 23.8. The van der Waals surface area contributed by atoms with E-state index in [0.717, 1.165) is 0 Å². The van der Waals surface area contributed by atoms with Gasteiger partial charge in [-0.1, -0.05) is 18.2 Å². The molecular weight excluding hydrogens is 260 g/mol. The molecule has 0 saturated carbocycles. The van der Waals surface area contributed by atoms with Gasteiger partial charge in [-0.3, -0.25) is 9.59 Å². The first-order valence-electron chi connectivity index (χ1n) is 6.65. The number of rotatable bonds is 7. The van der Waals surface area contributed by atoms with Crippen LogP contribution in [0.2, 0.25) is 0 Å². The van der Waals surface area contributed by atoms with Crippen LogP contribution < -0.4 is 4.74 Å². The largest absolute Gasteiger partial charge is 0.489 e. The van der Waals surface area contributed by atoms with E-state index >= 15 is 0 Å². The first kappa shape index (κ1) is 16.0. The van der Waals surface area contributed by atoms with Gasteiger partial charge < -0.3 is 14.2 Å². The highest BCUT2D eigenvalue weighted by molar-refractivity contribution is 5.95. The van der Waals surface area contributed by atoms with Crippen LogP contribution in [0.25, 0.3) is 0 Å². The fraction of sp³-hybridized carbons (Fsp3) is 0.467. The van der Waals surface area contributed by atoms with Crippen molar-refractivity contribution < 1.29 is 23.8 Å². The molecule has 110 valence electrons. The Labute approximate surface area is 118 Å². The molecule has 1 atom stereocenters. The number of carbonyl (C=O) groups excluding carboxylic acids is 2. The second kappa shape index (κ2) is 8.19. The van der Waals surface area contributed by atoms with Crippen LogP contribution in [0.3, 0.4) is 0 Å². The van der Waals surface area contributed by atoms with Crippen molar-refractivity contribution in [2.75, 3.05) is 13.2 Å². The Balaban J connectivity index is 2.80. The molecule has 1 aromatic carbocycles. The summed E-state index contributed by atoms with van der Waals surface area (Å²) in [5.74, 6) is -1.77. The third-order valence-electron chi connectivity index (χ3n) is 2.62. The number of benzene rings is 1. The van der Waals surface area contributed by atoms with Crippen LogP contribution in [0.1, 0.15) is 20.8 Å². The van der Waals surface area contributed by atoms with Crippen molar-refractivity contribution >= 4 is 11.9 Å². The van der Waals surface area contributed by atoms with Crippen molar-refractivity contribution in [1.29, 1.82) is 0 Å². The van der Waals surface area contributed by atoms with Gasteiger partial charge in [0.15, 0.2) is 5.92 Å². The molecule has 5 heteroatoms. The summed E-state index contributed by atoms with van der Waals surface area (Å²) in [7, 11) is 0. The normalized spacial score (nSPS) is 11.8. The third-order valence-corrected chi connectivity index (χ3v) is 2.62. The molecule has 1 rings (SSSR count).